The molecule has 3 atom stereocenters. The second-order valence-electron chi connectivity index (χ2n) is 6.14. The predicted octanol–water partition coefficient (Wildman–Crippen LogP) is 3.18. The Kier molecular flexibility index (Phi) is 7.27. The van der Waals surface area contributed by atoms with Crippen molar-refractivity contribution in [3.63, 3.8) is 0 Å². The van der Waals surface area contributed by atoms with Crippen molar-refractivity contribution in [1.29, 1.82) is 0 Å². The number of hydrogen-bond acceptors (Lipinski definition) is 5. The summed E-state index contributed by atoms with van der Waals surface area (Å²) < 4.78 is 22.9. The van der Waals surface area contributed by atoms with E-state index in [0.717, 1.165) is 12.8 Å². The molecule has 0 aromatic carbocycles. The van der Waals surface area contributed by atoms with Gasteiger partial charge in [0.1, 0.15) is 0 Å². The lowest BCUT2D eigenvalue weighted by Gasteiger charge is -2.28. The highest BCUT2D eigenvalue weighted by Crippen LogP contribution is 2.43. The van der Waals surface area contributed by atoms with Gasteiger partial charge in [0, 0.05) is 25.9 Å². The molecule has 132 valence electrons. The maximum Gasteiger partial charge on any atom is 0.501 e. The largest absolute Gasteiger partial charge is 0.501 e. The van der Waals surface area contributed by atoms with Crippen molar-refractivity contribution in [2.24, 2.45) is 17.8 Å². The summed E-state index contributed by atoms with van der Waals surface area (Å²) in [6, 6.07) is 0.687. The van der Waals surface area contributed by atoms with E-state index in [1.165, 1.54) is 0 Å². The van der Waals surface area contributed by atoms with E-state index in [1.54, 1.807) is 0 Å². The van der Waals surface area contributed by atoms with E-state index >= 15 is 0 Å². The molecule has 0 spiro atoms. The van der Waals surface area contributed by atoms with Gasteiger partial charge in [0.15, 0.2) is 0 Å². The minimum absolute atomic E-state index is 0.0432. The molecule has 2 aliphatic rings. The molecule has 0 radical (unpaired) electrons. The van der Waals surface area contributed by atoms with Crippen molar-refractivity contribution in [2.45, 2.75) is 46.1 Å². The maximum atomic E-state index is 12.2. The lowest BCUT2D eigenvalue weighted by atomic mass is 9.94. The smallest absolute Gasteiger partial charge is 0.465 e. The van der Waals surface area contributed by atoms with E-state index in [4.69, 9.17) is 18.0 Å². The van der Waals surface area contributed by atoms with Crippen LogP contribution in [0.5, 0.6) is 0 Å². The highest BCUT2D eigenvalue weighted by Gasteiger charge is 2.42. The summed E-state index contributed by atoms with van der Waals surface area (Å²) in [6.07, 6.45) is 7.21. The van der Waals surface area contributed by atoms with Crippen molar-refractivity contribution in [2.75, 3.05) is 26.4 Å². The van der Waals surface area contributed by atoms with Crippen LogP contribution in [0.1, 0.15) is 40.0 Å². The minimum Gasteiger partial charge on any atom is -0.465 e. The fraction of sp³-hybridized carbons (Fsp3) is 0.824. The summed E-state index contributed by atoms with van der Waals surface area (Å²) in [4.78, 5) is 12.2. The van der Waals surface area contributed by atoms with Gasteiger partial charge >= 0.3 is 14.8 Å². The highest BCUT2D eigenvalue weighted by molar-refractivity contribution is 6.60. The summed E-state index contributed by atoms with van der Waals surface area (Å²) in [5, 5.41) is 0. The third-order valence-corrected chi connectivity index (χ3v) is 7.70. The van der Waals surface area contributed by atoms with E-state index in [2.05, 4.69) is 12.2 Å². The van der Waals surface area contributed by atoms with Crippen LogP contribution in [0, 0.1) is 17.8 Å². The zero-order valence-electron chi connectivity index (χ0n) is 14.6. The Hall–Kier alpha value is -0.693. The second-order valence-corrected chi connectivity index (χ2v) is 8.87. The highest BCUT2D eigenvalue weighted by atomic mass is 28.4. The summed E-state index contributed by atoms with van der Waals surface area (Å²) in [5.41, 5.74) is 0. The Morgan fingerprint density at radius 2 is 1.70 bits per heavy atom. The number of hydrogen-bond donors (Lipinski definition) is 0. The van der Waals surface area contributed by atoms with Crippen molar-refractivity contribution < 1.29 is 22.8 Å². The predicted molar refractivity (Wildman–Crippen MR) is 89.9 cm³/mol. The summed E-state index contributed by atoms with van der Waals surface area (Å²) in [7, 11) is -2.61. The van der Waals surface area contributed by atoms with Crippen LogP contribution < -0.4 is 0 Å². The van der Waals surface area contributed by atoms with E-state index in [1.807, 2.05) is 20.8 Å². The Bertz CT molecular complexity index is 395. The average molecular weight is 343 g/mol. The molecule has 0 aliphatic heterocycles. The topological polar surface area (TPSA) is 54.0 Å². The Balaban J connectivity index is 1.73. The lowest BCUT2D eigenvalue weighted by Crippen LogP contribution is -2.46. The number of rotatable bonds is 11. The van der Waals surface area contributed by atoms with Gasteiger partial charge in [-0.1, -0.05) is 12.2 Å². The molecule has 6 heteroatoms. The number of ether oxygens (including phenoxy) is 1. The molecule has 3 unspecified atom stereocenters. The maximum absolute atomic E-state index is 12.2. The van der Waals surface area contributed by atoms with Gasteiger partial charge in [0.05, 0.1) is 12.5 Å². The van der Waals surface area contributed by atoms with Gasteiger partial charge in [-0.15, -0.1) is 0 Å². The van der Waals surface area contributed by atoms with Crippen LogP contribution in [-0.4, -0.2) is 41.2 Å². The molecule has 2 rings (SSSR count). The van der Waals surface area contributed by atoms with Gasteiger partial charge in [0.25, 0.3) is 0 Å². The molecule has 23 heavy (non-hydrogen) atoms. The fourth-order valence-corrected chi connectivity index (χ4v) is 6.20. The first-order valence-electron chi connectivity index (χ1n) is 8.91. The molecule has 1 fully saturated rings. The van der Waals surface area contributed by atoms with Gasteiger partial charge in [-0.3, -0.25) is 4.79 Å². The molecule has 0 N–H and O–H groups in total. The van der Waals surface area contributed by atoms with Gasteiger partial charge in [-0.25, -0.2) is 0 Å². The quantitative estimate of drug-likeness (QED) is 0.250. The van der Waals surface area contributed by atoms with Gasteiger partial charge in [-0.05, 0) is 51.9 Å². The molecule has 2 bridgehead atoms. The fourth-order valence-electron chi connectivity index (χ4n) is 3.62. The lowest BCUT2D eigenvalue weighted by molar-refractivity contribution is -0.149. The number of carbonyl (C=O) groups excluding carboxylic acids is 1. The van der Waals surface area contributed by atoms with Crippen LogP contribution in [-0.2, 0) is 22.8 Å². The molecule has 1 saturated carbocycles. The minimum atomic E-state index is -2.61. The van der Waals surface area contributed by atoms with Crippen LogP contribution in [0.25, 0.3) is 0 Å². The molecular weight excluding hydrogens is 312 g/mol. The zero-order chi connectivity index (χ0) is 16.7. The van der Waals surface area contributed by atoms with E-state index in [0.29, 0.717) is 50.7 Å². The van der Waals surface area contributed by atoms with Crippen LogP contribution >= 0.6 is 0 Å². The van der Waals surface area contributed by atoms with Crippen LogP contribution in [0.15, 0.2) is 12.2 Å². The first-order valence-corrected chi connectivity index (χ1v) is 10.8. The molecule has 0 amide bonds. The molecule has 0 aromatic heterocycles. The number of esters is 1. The number of carbonyl (C=O) groups is 1. The van der Waals surface area contributed by atoms with E-state index < -0.39 is 8.80 Å². The zero-order valence-corrected chi connectivity index (χ0v) is 15.6. The summed E-state index contributed by atoms with van der Waals surface area (Å²) in [6.45, 7) is 7.97. The molecule has 0 aromatic rings. The second kappa shape index (κ2) is 8.96. The monoisotopic (exact) mass is 342 g/mol. The summed E-state index contributed by atoms with van der Waals surface area (Å²) >= 11 is 0. The Labute approximate surface area is 140 Å². The molecule has 2 aliphatic carbocycles. The van der Waals surface area contributed by atoms with E-state index in [-0.39, 0.29) is 11.9 Å². The van der Waals surface area contributed by atoms with Crippen molar-refractivity contribution in [3.8, 4) is 0 Å². The third kappa shape index (κ3) is 4.89. The van der Waals surface area contributed by atoms with E-state index in [9.17, 15) is 4.79 Å². The molecule has 5 nitrogen and oxygen atoms in total. The van der Waals surface area contributed by atoms with Crippen LogP contribution in [0.3, 0.4) is 0 Å². The average Bonchev–Trinajstić information content (AvgIpc) is 3.15. The Morgan fingerprint density at radius 3 is 2.17 bits per heavy atom. The first-order chi connectivity index (χ1) is 11.1. The van der Waals surface area contributed by atoms with Crippen molar-refractivity contribution in [1.82, 2.24) is 0 Å². The van der Waals surface area contributed by atoms with Crippen molar-refractivity contribution in [3.05, 3.63) is 12.2 Å². The third-order valence-electron chi connectivity index (χ3n) is 4.55. The van der Waals surface area contributed by atoms with Gasteiger partial charge < -0.3 is 18.0 Å². The SMILES string of the molecule is CCO[Si](CCCOC(=O)C1CC2C=CC1C2)(OCC)OCC. The first kappa shape index (κ1) is 18.6. The Morgan fingerprint density at radius 1 is 1.04 bits per heavy atom. The van der Waals surface area contributed by atoms with Gasteiger partial charge in [-0.2, -0.15) is 0 Å². The molecule has 0 heterocycles. The van der Waals surface area contributed by atoms with Crippen LogP contribution in [0.2, 0.25) is 6.04 Å². The summed E-state index contributed by atoms with van der Waals surface area (Å²) in [5.74, 6) is 1.01. The standard InChI is InChI=1S/C17H30O5Si/c1-4-20-23(21-5-2,22-6-3)11-7-10-19-17(18)16-13-14-8-9-15(16)12-14/h8-9,14-16H,4-7,10-13H2,1-3H3. The molecular formula is C17H30O5Si. The van der Waals surface area contributed by atoms with Crippen molar-refractivity contribution >= 4 is 14.8 Å². The van der Waals surface area contributed by atoms with Gasteiger partial charge in [0.2, 0.25) is 0 Å². The normalized spacial score (nSPS) is 26.0. The number of fused-ring (bicyclic) bond motifs is 2. The van der Waals surface area contributed by atoms with Crippen LogP contribution in [0.4, 0.5) is 0 Å². The number of allylic oxidation sites excluding steroid dienone is 2. The molecule has 0 saturated heterocycles.